The Morgan fingerprint density at radius 3 is 1.63 bits per heavy atom. The van der Waals surface area contributed by atoms with Crippen LogP contribution in [0.1, 0.15) is 174 Å². The number of hydrogen-bond donors (Lipinski definition) is 6. The molecular weight excluding hydrogens is 658 g/mol. The van der Waals surface area contributed by atoms with E-state index in [0.717, 1.165) is 32.1 Å². The first kappa shape index (κ1) is 48.4. The van der Waals surface area contributed by atoms with Crippen molar-refractivity contribution in [3.63, 3.8) is 0 Å². The molecule has 0 saturated carbocycles. The van der Waals surface area contributed by atoms with Crippen LogP contribution in [-0.2, 0) is 14.3 Å². The number of aliphatic hydroxyl groups is 5. The van der Waals surface area contributed by atoms with Gasteiger partial charge in [0.1, 0.15) is 24.4 Å². The molecule has 0 aromatic carbocycles. The molecule has 0 aliphatic carbocycles. The SMILES string of the molecule is CCCCCC/C=C\CCCC(=O)NC(COC1OC(CO)C(O)C(O)C1O)C(O)/C=C/CC/C=C/CCCCCCCCCCCCCCCC. The summed E-state index contributed by atoms with van der Waals surface area (Å²) in [4.78, 5) is 12.8. The molecule has 0 spiro atoms. The molecule has 1 amide bonds. The first-order valence-corrected chi connectivity index (χ1v) is 21.2. The zero-order chi connectivity index (χ0) is 38.1. The third kappa shape index (κ3) is 24.7. The number of aliphatic hydroxyl groups excluding tert-OH is 5. The average molecular weight is 738 g/mol. The molecular formula is C43H79NO8. The summed E-state index contributed by atoms with van der Waals surface area (Å²) in [7, 11) is 0. The largest absolute Gasteiger partial charge is 0.394 e. The van der Waals surface area contributed by atoms with Crippen molar-refractivity contribution in [2.45, 2.75) is 217 Å². The van der Waals surface area contributed by atoms with E-state index in [2.05, 4.69) is 43.5 Å². The van der Waals surface area contributed by atoms with Crippen LogP contribution in [0.4, 0.5) is 0 Å². The van der Waals surface area contributed by atoms with Crippen molar-refractivity contribution < 1.29 is 39.8 Å². The quantitative estimate of drug-likeness (QED) is 0.0287. The molecule has 1 aliphatic heterocycles. The molecule has 9 nitrogen and oxygen atoms in total. The second kappa shape index (κ2) is 33.9. The van der Waals surface area contributed by atoms with Gasteiger partial charge in [-0.15, -0.1) is 0 Å². The molecule has 1 heterocycles. The Labute approximate surface area is 317 Å². The van der Waals surface area contributed by atoms with E-state index in [1.807, 2.05) is 6.08 Å². The molecule has 1 fully saturated rings. The molecule has 1 rings (SSSR count). The number of unbranched alkanes of at least 4 members (excludes halogenated alkanes) is 20. The van der Waals surface area contributed by atoms with Gasteiger partial charge in [0, 0.05) is 6.42 Å². The highest BCUT2D eigenvalue weighted by Crippen LogP contribution is 2.22. The maximum absolute atomic E-state index is 12.8. The molecule has 0 aromatic heterocycles. The predicted octanol–water partition coefficient (Wildman–Crippen LogP) is 8.11. The van der Waals surface area contributed by atoms with Crippen molar-refractivity contribution >= 4 is 5.91 Å². The van der Waals surface area contributed by atoms with E-state index in [4.69, 9.17) is 9.47 Å². The highest BCUT2D eigenvalue weighted by atomic mass is 16.7. The van der Waals surface area contributed by atoms with Gasteiger partial charge in [-0.2, -0.15) is 0 Å². The summed E-state index contributed by atoms with van der Waals surface area (Å²) in [5, 5.41) is 53.9. The fraction of sp³-hybridized carbons (Fsp3) is 0.837. The molecule has 0 aromatic rings. The van der Waals surface area contributed by atoms with Gasteiger partial charge in [0.25, 0.3) is 0 Å². The van der Waals surface area contributed by atoms with E-state index in [0.29, 0.717) is 6.42 Å². The summed E-state index contributed by atoms with van der Waals surface area (Å²) in [6.45, 7) is 3.68. The molecule has 0 bridgehead atoms. The Hall–Kier alpha value is -1.59. The number of ether oxygens (including phenoxy) is 2. The smallest absolute Gasteiger partial charge is 0.220 e. The third-order valence-corrected chi connectivity index (χ3v) is 9.94. The molecule has 9 heteroatoms. The number of nitrogens with one attached hydrogen (secondary N) is 1. The normalized spacial score (nSPS) is 22.2. The topological polar surface area (TPSA) is 149 Å². The molecule has 7 unspecified atom stereocenters. The highest BCUT2D eigenvalue weighted by molar-refractivity contribution is 5.76. The summed E-state index contributed by atoms with van der Waals surface area (Å²) >= 11 is 0. The molecule has 52 heavy (non-hydrogen) atoms. The lowest BCUT2D eigenvalue weighted by Crippen LogP contribution is -2.60. The van der Waals surface area contributed by atoms with Crippen LogP contribution in [0.3, 0.4) is 0 Å². The molecule has 304 valence electrons. The first-order valence-electron chi connectivity index (χ1n) is 21.2. The van der Waals surface area contributed by atoms with Crippen molar-refractivity contribution in [2.24, 2.45) is 0 Å². The summed E-state index contributed by atoms with van der Waals surface area (Å²) in [6, 6.07) is -0.832. The molecule has 7 atom stereocenters. The van der Waals surface area contributed by atoms with Crippen molar-refractivity contribution in [1.82, 2.24) is 5.32 Å². The minimum Gasteiger partial charge on any atom is -0.394 e. The number of allylic oxidation sites excluding steroid dienone is 5. The first-order chi connectivity index (χ1) is 25.3. The zero-order valence-electron chi connectivity index (χ0n) is 33.1. The van der Waals surface area contributed by atoms with Crippen molar-refractivity contribution in [3.05, 3.63) is 36.5 Å². The lowest BCUT2D eigenvalue weighted by atomic mass is 9.99. The zero-order valence-corrected chi connectivity index (χ0v) is 33.1. The summed E-state index contributed by atoms with van der Waals surface area (Å²) in [6.07, 6.45) is 33.5. The Bertz CT molecular complexity index is 910. The van der Waals surface area contributed by atoms with E-state index in [1.165, 1.54) is 116 Å². The third-order valence-electron chi connectivity index (χ3n) is 9.94. The van der Waals surface area contributed by atoms with Crippen LogP contribution < -0.4 is 5.32 Å². The maximum Gasteiger partial charge on any atom is 0.220 e. The standard InChI is InChI=1S/C43H79NO8/c1-3-5-7-9-11-13-14-15-16-17-18-19-20-21-22-23-25-26-28-30-32-37(46)36(35-51-43-42(50)41(49)40(48)38(34-45)52-43)44-39(47)33-31-29-27-24-12-10-8-6-4-2/h23-25,27,30,32,36-38,40-43,45-46,48-50H,3-22,26,28-29,31,33-35H2,1-2H3,(H,44,47)/b25-23+,27-24-,32-30+. The second-order valence-corrected chi connectivity index (χ2v) is 14.8. The van der Waals surface area contributed by atoms with Crippen LogP contribution in [0, 0.1) is 0 Å². The number of amides is 1. The number of carbonyl (C=O) groups is 1. The molecule has 1 aliphatic rings. The van der Waals surface area contributed by atoms with Crippen LogP contribution in [-0.4, -0.2) is 87.5 Å². The molecule has 0 radical (unpaired) electrons. The van der Waals surface area contributed by atoms with Crippen LogP contribution in [0.15, 0.2) is 36.5 Å². The van der Waals surface area contributed by atoms with Crippen molar-refractivity contribution in [3.8, 4) is 0 Å². The van der Waals surface area contributed by atoms with E-state index >= 15 is 0 Å². The van der Waals surface area contributed by atoms with E-state index in [-0.39, 0.29) is 18.9 Å². The predicted molar refractivity (Wildman–Crippen MR) is 212 cm³/mol. The summed E-state index contributed by atoms with van der Waals surface area (Å²) in [5.41, 5.74) is 0. The molecule has 1 saturated heterocycles. The second-order valence-electron chi connectivity index (χ2n) is 14.8. The average Bonchev–Trinajstić information content (AvgIpc) is 3.14. The summed E-state index contributed by atoms with van der Waals surface area (Å²) in [5.74, 6) is -0.224. The van der Waals surface area contributed by atoms with Gasteiger partial charge < -0.3 is 40.3 Å². The lowest BCUT2D eigenvalue weighted by Gasteiger charge is -2.40. The minimum atomic E-state index is -1.57. The van der Waals surface area contributed by atoms with Gasteiger partial charge in [0.05, 0.1) is 25.4 Å². The maximum atomic E-state index is 12.8. The lowest BCUT2D eigenvalue weighted by molar-refractivity contribution is -0.302. The molecule has 6 N–H and O–H groups in total. The monoisotopic (exact) mass is 738 g/mol. The number of hydrogen-bond acceptors (Lipinski definition) is 8. The summed E-state index contributed by atoms with van der Waals surface area (Å²) < 4.78 is 11.1. The number of rotatable bonds is 34. The van der Waals surface area contributed by atoms with E-state index in [1.54, 1.807) is 6.08 Å². The minimum absolute atomic E-state index is 0.212. The number of carbonyl (C=O) groups excluding carboxylic acids is 1. The van der Waals surface area contributed by atoms with Gasteiger partial charge in [-0.05, 0) is 51.4 Å². The van der Waals surface area contributed by atoms with Gasteiger partial charge in [-0.1, -0.05) is 153 Å². The van der Waals surface area contributed by atoms with Gasteiger partial charge in [0.2, 0.25) is 5.91 Å². The van der Waals surface area contributed by atoms with Crippen molar-refractivity contribution in [1.29, 1.82) is 0 Å². The van der Waals surface area contributed by atoms with Gasteiger partial charge >= 0.3 is 0 Å². The van der Waals surface area contributed by atoms with E-state index in [9.17, 15) is 30.3 Å². The fourth-order valence-electron chi connectivity index (χ4n) is 6.47. The van der Waals surface area contributed by atoms with Crippen LogP contribution in [0.5, 0.6) is 0 Å². The van der Waals surface area contributed by atoms with Crippen LogP contribution in [0.25, 0.3) is 0 Å². The van der Waals surface area contributed by atoms with E-state index < -0.39 is 49.5 Å². The van der Waals surface area contributed by atoms with Gasteiger partial charge in [-0.3, -0.25) is 4.79 Å². The van der Waals surface area contributed by atoms with Crippen LogP contribution >= 0.6 is 0 Å². The Morgan fingerprint density at radius 2 is 1.10 bits per heavy atom. The Kier molecular flexibility index (Phi) is 31.6. The van der Waals surface area contributed by atoms with Crippen LogP contribution in [0.2, 0.25) is 0 Å². The Morgan fingerprint density at radius 1 is 0.635 bits per heavy atom. The Balaban J connectivity index is 2.39. The highest BCUT2D eigenvalue weighted by Gasteiger charge is 2.44. The van der Waals surface area contributed by atoms with Gasteiger partial charge in [-0.25, -0.2) is 0 Å². The van der Waals surface area contributed by atoms with Gasteiger partial charge in [0.15, 0.2) is 6.29 Å². The fourth-order valence-corrected chi connectivity index (χ4v) is 6.47. The van der Waals surface area contributed by atoms with Crippen molar-refractivity contribution in [2.75, 3.05) is 13.2 Å².